The molecule has 0 aromatic carbocycles. The fraction of sp³-hybridized carbons (Fsp3) is 0.643. The highest BCUT2D eigenvalue weighted by Crippen LogP contribution is 2.03. The van der Waals surface area contributed by atoms with Crippen molar-refractivity contribution in [1.82, 2.24) is 16.0 Å². The van der Waals surface area contributed by atoms with Gasteiger partial charge in [0.05, 0.1) is 19.0 Å². The Labute approximate surface area is 156 Å². The zero-order valence-electron chi connectivity index (χ0n) is 14.5. The van der Waals surface area contributed by atoms with Gasteiger partial charge in [0.15, 0.2) is 0 Å². The van der Waals surface area contributed by atoms with Gasteiger partial charge in [0.1, 0.15) is 12.1 Å². The molecule has 148 valence electrons. The number of hydrogen-bond donors (Lipinski definition) is 7. The number of nitrogens with two attached hydrogens (primary N) is 2. The number of primary amides is 1. The molecule has 0 saturated carbocycles. The van der Waals surface area contributed by atoms with Crippen molar-refractivity contribution in [3.05, 3.63) is 0 Å². The second kappa shape index (κ2) is 11.3. The molecule has 0 rings (SSSR count). The molecule has 3 atom stereocenters. The lowest BCUT2D eigenvalue weighted by Gasteiger charge is -2.23. The predicted molar refractivity (Wildman–Crippen MR) is 95.0 cm³/mol. The topological polar surface area (TPSA) is 194 Å². The number of aliphatic carboxylic acids is 1. The molecular formula is C14H25N5O6S. The van der Waals surface area contributed by atoms with Gasteiger partial charge in [-0.1, -0.05) is 13.8 Å². The molecule has 0 spiro atoms. The molecule has 0 aromatic heterocycles. The summed E-state index contributed by atoms with van der Waals surface area (Å²) in [7, 11) is 0. The Kier molecular flexibility index (Phi) is 10.3. The minimum Gasteiger partial charge on any atom is -0.480 e. The molecule has 0 heterocycles. The minimum atomic E-state index is -1.25. The van der Waals surface area contributed by atoms with E-state index in [1.165, 1.54) is 0 Å². The summed E-state index contributed by atoms with van der Waals surface area (Å²) in [5, 5.41) is 15.8. The third-order valence-electron chi connectivity index (χ3n) is 3.24. The van der Waals surface area contributed by atoms with Crippen LogP contribution in [0.3, 0.4) is 0 Å². The third-order valence-corrected chi connectivity index (χ3v) is 3.61. The highest BCUT2D eigenvalue weighted by molar-refractivity contribution is 7.80. The molecule has 0 bridgehead atoms. The van der Waals surface area contributed by atoms with E-state index in [2.05, 4.69) is 28.6 Å². The maximum atomic E-state index is 12.2. The number of rotatable bonds is 11. The van der Waals surface area contributed by atoms with Crippen molar-refractivity contribution < 1.29 is 29.1 Å². The van der Waals surface area contributed by atoms with Crippen LogP contribution in [0, 0.1) is 5.92 Å². The monoisotopic (exact) mass is 391 g/mol. The van der Waals surface area contributed by atoms with Crippen molar-refractivity contribution in [2.24, 2.45) is 17.4 Å². The van der Waals surface area contributed by atoms with E-state index in [-0.39, 0.29) is 18.1 Å². The number of carboxylic acids is 1. The molecule has 0 aliphatic rings. The van der Waals surface area contributed by atoms with E-state index >= 15 is 0 Å². The molecule has 4 amide bonds. The van der Waals surface area contributed by atoms with Gasteiger partial charge in [0.25, 0.3) is 0 Å². The molecular weight excluding hydrogens is 366 g/mol. The zero-order valence-corrected chi connectivity index (χ0v) is 15.4. The Morgan fingerprint density at radius 1 is 1.08 bits per heavy atom. The number of hydrogen-bond acceptors (Lipinski definition) is 7. The van der Waals surface area contributed by atoms with Crippen LogP contribution in [0.5, 0.6) is 0 Å². The lowest BCUT2D eigenvalue weighted by Crippen LogP contribution is -2.56. The van der Waals surface area contributed by atoms with Gasteiger partial charge in [-0.05, 0) is 5.92 Å². The molecule has 0 aromatic rings. The van der Waals surface area contributed by atoms with E-state index in [4.69, 9.17) is 16.6 Å². The predicted octanol–water partition coefficient (Wildman–Crippen LogP) is -3.05. The third kappa shape index (κ3) is 8.67. The molecule has 8 N–H and O–H groups in total. The average Bonchev–Trinajstić information content (AvgIpc) is 2.53. The molecule has 12 heteroatoms. The van der Waals surface area contributed by atoms with Crippen LogP contribution in [-0.4, -0.2) is 65.1 Å². The molecule has 0 saturated heterocycles. The summed E-state index contributed by atoms with van der Waals surface area (Å²) >= 11 is 3.84. The number of carbonyl (C=O) groups is 5. The van der Waals surface area contributed by atoms with Crippen molar-refractivity contribution in [1.29, 1.82) is 0 Å². The van der Waals surface area contributed by atoms with Crippen molar-refractivity contribution >= 4 is 42.2 Å². The number of carbonyl (C=O) groups excluding carboxylic acids is 4. The molecule has 0 radical (unpaired) electrons. The van der Waals surface area contributed by atoms with Crippen LogP contribution < -0.4 is 27.4 Å². The van der Waals surface area contributed by atoms with E-state index in [1.54, 1.807) is 13.8 Å². The van der Waals surface area contributed by atoms with Gasteiger partial charge >= 0.3 is 5.97 Å². The largest absolute Gasteiger partial charge is 0.480 e. The molecule has 0 aliphatic carbocycles. The van der Waals surface area contributed by atoms with Crippen LogP contribution in [0.15, 0.2) is 0 Å². The number of amides is 4. The lowest BCUT2D eigenvalue weighted by atomic mass is 10.0. The van der Waals surface area contributed by atoms with Crippen molar-refractivity contribution in [2.45, 2.75) is 38.4 Å². The van der Waals surface area contributed by atoms with Crippen molar-refractivity contribution in [2.75, 3.05) is 12.3 Å². The van der Waals surface area contributed by atoms with Gasteiger partial charge in [-0.25, -0.2) is 4.79 Å². The van der Waals surface area contributed by atoms with Crippen LogP contribution in [0.2, 0.25) is 0 Å². The van der Waals surface area contributed by atoms with Gasteiger partial charge in [-0.15, -0.1) is 0 Å². The van der Waals surface area contributed by atoms with Gasteiger partial charge in [0, 0.05) is 5.75 Å². The Balaban J connectivity index is 4.68. The number of carboxylic acid groups (broad SMARTS) is 1. The first-order chi connectivity index (χ1) is 12.0. The second-order valence-electron chi connectivity index (χ2n) is 5.87. The van der Waals surface area contributed by atoms with Gasteiger partial charge in [-0.3, -0.25) is 19.2 Å². The zero-order chi connectivity index (χ0) is 20.4. The molecule has 11 nitrogen and oxygen atoms in total. The first-order valence-electron chi connectivity index (χ1n) is 7.74. The fourth-order valence-corrected chi connectivity index (χ4v) is 2.06. The fourth-order valence-electron chi connectivity index (χ4n) is 1.81. The number of thiol groups is 1. The summed E-state index contributed by atoms with van der Waals surface area (Å²) in [6, 6.07) is -3.40. The SMILES string of the molecule is CC(C)C(NC(=O)CNC(=O)C(N)CC(N)=O)C(=O)NC(CS)C(=O)O. The number of nitrogens with one attached hydrogen (secondary N) is 3. The van der Waals surface area contributed by atoms with E-state index in [0.717, 1.165) is 0 Å². The highest BCUT2D eigenvalue weighted by Gasteiger charge is 2.28. The average molecular weight is 391 g/mol. The van der Waals surface area contributed by atoms with Crippen LogP contribution in [-0.2, 0) is 24.0 Å². The first kappa shape index (κ1) is 23.7. The minimum absolute atomic E-state index is 0.117. The Morgan fingerprint density at radius 2 is 1.65 bits per heavy atom. The molecule has 3 unspecified atom stereocenters. The maximum Gasteiger partial charge on any atom is 0.327 e. The van der Waals surface area contributed by atoms with E-state index in [1.807, 2.05) is 0 Å². The van der Waals surface area contributed by atoms with Crippen molar-refractivity contribution in [3.63, 3.8) is 0 Å². The van der Waals surface area contributed by atoms with Gasteiger partial charge < -0.3 is 32.5 Å². The highest BCUT2D eigenvalue weighted by atomic mass is 32.1. The standard InChI is InChI=1S/C14H25N5O6S/c1-6(2)11(13(23)18-8(5-26)14(24)25)19-10(21)4-17-12(22)7(15)3-9(16)20/h6-8,11,26H,3-5,15H2,1-2H3,(H2,16,20)(H,17,22)(H,18,23)(H,19,21)(H,24,25). The normalized spacial score (nSPS) is 14.0. The summed E-state index contributed by atoms with van der Waals surface area (Å²) in [6.07, 6.45) is -0.370. The van der Waals surface area contributed by atoms with Crippen LogP contribution >= 0.6 is 12.6 Å². The smallest absolute Gasteiger partial charge is 0.327 e. The van der Waals surface area contributed by atoms with Crippen molar-refractivity contribution in [3.8, 4) is 0 Å². The summed E-state index contributed by atoms with van der Waals surface area (Å²) in [6.45, 7) is 2.83. The Bertz CT molecular complexity index is 556. The molecule has 26 heavy (non-hydrogen) atoms. The quantitative estimate of drug-likeness (QED) is 0.182. The molecule has 0 aliphatic heterocycles. The first-order valence-corrected chi connectivity index (χ1v) is 8.37. The second-order valence-corrected chi connectivity index (χ2v) is 6.23. The van der Waals surface area contributed by atoms with E-state index < -0.39 is 54.3 Å². The van der Waals surface area contributed by atoms with Crippen LogP contribution in [0.25, 0.3) is 0 Å². The summed E-state index contributed by atoms with van der Waals surface area (Å²) in [5.41, 5.74) is 10.4. The Hall–Kier alpha value is -2.34. The van der Waals surface area contributed by atoms with E-state index in [0.29, 0.717) is 0 Å². The van der Waals surface area contributed by atoms with Crippen LogP contribution in [0.4, 0.5) is 0 Å². The Morgan fingerprint density at radius 3 is 2.08 bits per heavy atom. The maximum absolute atomic E-state index is 12.2. The van der Waals surface area contributed by atoms with E-state index in [9.17, 15) is 24.0 Å². The molecule has 0 fully saturated rings. The summed E-state index contributed by atoms with van der Waals surface area (Å²) < 4.78 is 0. The van der Waals surface area contributed by atoms with Gasteiger partial charge in [-0.2, -0.15) is 12.6 Å². The summed E-state index contributed by atoms with van der Waals surface area (Å²) in [5.74, 6) is -4.59. The lowest BCUT2D eigenvalue weighted by molar-refractivity contribution is -0.141. The van der Waals surface area contributed by atoms with Crippen LogP contribution in [0.1, 0.15) is 20.3 Å². The summed E-state index contributed by atoms with van der Waals surface area (Å²) in [4.78, 5) is 57.4. The van der Waals surface area contributed by atoms with Gasteiger partial charge in [0.2, 0.25) is 23.6 Å².